The highest BCUT2D eigenvalue weighted by Crippen LogP contribution is 2.27. The van der Waals surface area contributed by atoms with E-state index in [0.717, 1.165) is 12.2 Å². The Bertz CT molecular complexity index is 1060. The van der Waals surface area contributed by atoms with Crippen molar-refractivity contribution in [3.05, 3.63) is 73.9 Å². The predicted molar refractivity (Wildman–Crippen MR) is 161 cm³/mol. The molecule has 0 heterocycles. The van der Waals surface area contributed by atoms with E-state index in [9.17, 15) is 28.8 Å². The van der Waals surface area contributed by atoms with Gasteiger partial charge >= 0.3 is 35.8 Å². The zero-order valence-corrected chi connectivity index (χ0v) is 26.4. The molecule has 0 unspecified atom stereocenters. The highest BCUT2D eigenvalue weighted by molar-refractivity contribution is 5.88. The van der Waals surface area contributed by atoms with Gasteiger partial charge in [-0.1, -0.05) is 39.5 Å². The molecule has 0 aromatic heterocycles. The van der Waals surface area contributed by atoms with E-state index in [4.69, 9.17) is 33.2 Å². The van der Waals surface area contributed by atoms with Crippen LogP contribution in [0.1, 0.15) is 27.7 Å². The van der Waals surface area contributed by atoms with Crippen molar-refractivity contribution in [1.82, 2.24) is 0 Å². The lowest BCUT2D eigenvalue weighted by Gasteiger charge is -2.35. The Morgan fingerprint density at radius 1 is 0.444 bits per heavy atom. The number of rotatable bonds is 22. The Labute approximate surface area is 263 Å². The molecule has 0 aliphatic carbocycles. The lowest BCUT2D eigenvalue weighted by Crippen LogP contribution is -2.47. The van der Waals surface area contributed by atoms with Crippen LogP contribution in [0.25, 0.3) is 0 Å². The smallest absolute Gasteiger partial charge is 0.333 e. The third-order valence-corrected chi connectivity index (χ3v) is 5.62. The number of ether oxygens (including phenoxy) is 7. The first-order valence-corrected chi connectivity index (χ1v) is 13.4. The van der Waals surface area contributed by atoms with Crippen LogP contribution in [0.5, 0.6) is 0 Å². The molecule has 0 N–H and O–H groups in total. The Morgan fingerprint density at radius 2 is 0.667 bits per heavy atom. The maximum absolute atomic E-state index is 12.3. The van der Waals surface area contributed by atoms with E-state index in [1.807, 2.05) is 0 Å². The summed E-state index contributed by atoms with van der Waals surface area (Å²) in [6.45, 7) is 22.7. The first-order valence-electron chi connectivity index (χ1n) is 13.4. The second kappa shape index (κ2) is 19.5. The van der Waals surface area contributed by atoms with Gasteiger partial charge in [-0.25, -0.2) is 28.8 Å². The molecule has 0 atom stereocenters. The van der Waals surface area contributed by atoms with Crippen molar-refractivity contribution in [1.29, 1.82) is 0 Å². The van der Waals surface area contributed by atoms with Crippen molar-refractivity contribution in [3.8, 4) is 0 Å². The van der Waals surface area contributed by atoms with Gasteiger partial charge in [0.15, 0.2) is 0 Å². The van der Waals surface area contributed by atoms with Crippen molar-refractivity contribution >= 4 is 35.8 Å². The quantitative estimate of drug-likeness (QED) is 0.0970. The van der Waals surface area contributed by atoms with E-state index in [1.165, 1.54) is 27.7 Å². The van der Waals surface area contributed by atoms with Crippen LogP contribution in [0.4, 0.5) is 0 Å². The monoisotopic (exact) mass is 634 g/mol. The van der Waals surface area contributed by atoms with E-state index >= 15 is 0 Å². The molecule has 0 spiro atoms. The first-order chi connectivity index (χ1) is 20.9. The van der Waals surface area contributed by atoms with Gasteiger partial charge in [0, 0.05) is 34.4 Å². The van der Waals surface area contributed by atoms with Gasteiger partial charge in [0.1, 0.15) is 39.6 Å². The zero-order chi connectivity index (χ0) is 34.8. The molecule has 0 rings (SSSR count). The molecule has 0 bridgehead atoms. The number of esters is 6. The molecule has 0 saturated heterocycles. The summed E-state index contributed by atoms with van der Waals surface area (Å²) in [6, 6.07) is 0. The van der Waals surface area contributed by atoms with Crippen LogP contribution >= 0.6 is 0 Å². The van der Waals surface area contributed by atoms with Crippen LogP contribution in [0.2, 0.25) is 0 Å². The van der Waals surface area contributed by atoms with Crippen LogP contribution in [-0.4, -0.2) is 88.7 Å². The molecule has 0 aromatic rings. The van der Waals surface area contributed by atoms with Crippen molar-refractivity contribution in [2.45, 2.75) is 27.7 Å². The third-order valence-electron chi connectivity index (χ3n) is 5.62. The summed E-state index contributed by atoms with van der Waals surface area (Å²) in [6.07, 6.45) is 1.80. The van der Waals surface area contributed by atoms with Gasteiger partial charge < -0.3 is 33.2 Å². The molecular weight excluding hydrogens is 592 g/mol. The maximum Gasteiger partial charge on any atom is 0.333 e. The highest BCUT2D eigenvalue weighted by Gasteiger charge is 2.41. The summed E-state index contributed by atoms with van der Waals surface area (Å²) in [5.41, 5.74) is -2.77. The van der Waals surface area contributed by atoms with Crippen molar-refractivity contribution in [2.75, 3.05) is 52.9 Å². The molecule has 248 valence electrons. The van der Waals surface area contributed by atoms with Crippen molar-refractivity contribution in [3.63, 3.8) is 0 Å². The highest BCUT2D eigenvalue weighted by atomic mass is 16.6. The topological polar surface area (TPSA) is 167 Å². The molecule has 0 aliphatic rings. The van der Waals surface area contributed by atoms with Gasteiger partial charge in [0.25, 0.3) is 0 Å². The molecule has 0 fully saturated rings. The standard InChI is InChI=1S/C32H42O13/c1-11-25(33)40-15-31(17-42-27(35)21(3)4,18-43-28(36)22(5)6)13-39-14-32(16-41-26(34)12-2,19-44-29(37)23(7)8)20-45-30(38)24(9)10/h11-12H,1-3,5,7,9,13-20H2,4,6,8,10H3. The van der Waals surface area contributed by atoms with Crippen LogP contribution in [0, 0.1) is 10.8 Å². The zero-order valence-electron chi connectivity index (χ0n) is 26.4. The molecule has 13 nitrogen and oxygen atoms in total. The molecule has 45 heavy (non-hydrogen) atoms. The SMILES string of the molecule is C=CC(=O)OCC(COCC(COC(=O)C=C)(COC(=O)C(=C)C)COC(=O)C(=C)C)(COC(=O)C(=C)C)COC(=O)C(=C)C. The molecule has 0 amide bonds. The van der Waals surface area contributed by atoms with E-state index in [1.54, 1.807) is 0 Å². The summed E-state index contributed by atoms with van der Waals surface area (Å²) in [5, 5.41) is 0. The van der Waals surface area contributed by atoms with E-state index in [-0.39, 0.29) is 22.3 Å². The first kappa shape index (κ1) is 40.2. The Hall–Kier alpha value is -4.78. The Balaban J connectivity index is 6.58. The fraction of sp³-hybridized carbons (Fsp3) is 0.438. The van der Waals surface area contributed by atoms with Gasteiger partial charge in [-0.15, -0.1) is 0 Å². The van der Waals surface area contributed by atoms with Gasteiger partial charge in [0.2, 0.25) is 0 Å². The average Bonchev–Trinajstić information content (AvgIpc) is 3.00. The number of carbonyl (C=O) groups excluding carboxylic acids is 6. The van der Waals surface area contributed by atoms with Gasteiger partial charge in [-0.05, 0) is 27.7 Å². The molecule has 0 aliphatic heterocycles. The van der Waals surface area contributed by atoms with Gasteiger partial charge in [-0.2, -0.15) is 0 Å². The van der Waals surface area contributed by atoms with Gasteiger partial charge in [-0.3, -0.25) is 0 Å². The minimum Gasteiger partial charge on any atom is -0.462 e. The van der Waals surface area contributed by atoms with E-state index < -0.39 is 99.5 Å². The molecule has 0 aromatic carbocycles. The minimum absolute atomic E-state index is 0.0635. The number of hydrogen-bond acceptors (Lipinski definition) is 13. The predicted octanol–water partition coefficient (Wildman–Crippen LogP) is 2.91. The lowest BCUT2D eigenvalue weighted by atomic mass is 9.90. The average molecular weight is 635 g/mol. The largest absolute Gasteiger partial charge is 0.462 e. The number of carbonyl (C=O) groups is 6. The third kappa shape index (κ3) is 15.5. The van der Waals surface area contributed by atoms with Crippen LogP contribution in [0.3, 0.4) is 0 Å². The second-order valence-corrected chi connectivity index (χ2v) is 10.5. The Kier molecular flexibility index (Phi) is 17.4. The fourth-order valence-corrected chi connectivity index (χ4v) is 2.92. The van der Waals surface area contributed by atoms with E-state index in [0.29, 0.717) is 0 Å². The normalized spacial score (nSPS) is 10.8. The van der Waals surface area contributed by atoms with Crippen LogP contribution in [-0.2, 0) is 61.9 Å². The van der Waals surface area contributed by atoms with E-state index in [2.05, 4.69) is 39.5 Å². The summed E-state index contributed by atoms with van der Waals surface area (Å²) >= 11 is 0. The fourth-order valence-electron chi connectivity index (χ4n) is 2.92. The van der Waals surface area contributed by atoms with Crippen LogP contribution < -0.4 is 0 Å². The van der Waals surface area contributed by atoms with Crippen molar-refractivity contribution in [2.24, 2.45) is 10.8 Å². The minimum atomic E-state index is -1.51. The lowest BCUT2D eigenvalue weighted by molar-refractivity contribution is -0.170. The van der Waals surface area contributed by atoms with Crippen LogP contribution in [0.15, 0.2) is 73.9 Å². The summed E-state index contributed by atoms with van der Waals surface area (Å²) in [4.78, 5) is 73.0. The summed E-state index contributed by atoms with van der Waals surface area (Å²) in [7, 11) is 0. The summed E-state index contributed by atoms with van der Waals surface area (Å²) in [5.74, 6) is -4.81. The molecule has 0 radical (unpaired) electrons. The van der Waals surface area contributed by atoms with Crippen molar-refractivity contribution < 1.29 is 61.9 Å². The molecule has 0 saturated carbocycles. The summed E-state index contributed by atoms with van der Waals surface area (Å²) < 4.78 is 37.7. The number of hydrogen-bond donors (Lipinski definition) is 0. The molecule has 13 heteroatoms. The Morgan fingerprint density at radius 3 is 0.867 bits per heavy atom. The second-order valence-electron chi connectivity index (χ2n) is 10.5. The molecular formula is C32H42O13. The maximum atomic E-state index is 12.3. The van der Waals surface area contributed by atoms with Gasteiger partial charge in [0.05, 0.1) is 24.0 Å².